The van der Waals surface area contributed by atoms with Crippen LogP contribution in [0.15, 0.2) is 77.8 Å². The first-order valence-corrected chi connectivity index (χ1v) is 10.9. The monoisotopic (exact) mass is 393 g/mol. The molecule has 0 aliphatic carbocycles. The molecule has 1 aliphatic rings. The minimum atomic E-state index is -3.56. The Bertz CT molecular complexity index is 1050. The van der Waals surface area contributed by atoms with Crippen molar-refractivity contribution in [3.63, 3.8) is 0 Å². The lowest BCUT2D eigenvalue weighted by Crippen LogP contribution is -2.31. The Hall–Kier alpha value is -2.70. The topological polar surface area (TPSA) is 62.3 Å². The predicted molar refractivity (Wildman–Crippen MR) is 111 cm³/mol. The number of nitrogens with one attached hydrogen (secondary N) is 1. The van der Waals surface area contributed by atoms with E-state index in [0.29, 0.717) is 17.3 Å². The Kier molecular flexibility index (Phi) is 5.15. The molecule has 2 aromatic carbocycles. The molecule has 4 rings (SSSR count). The van der Waals surface area contributed by atoms with E-state index < -0.39 is 10.0 Å². The smallest absolute Gasteiger partial charge is 0.243 e. The van der Waals surface area contributed by atoms with Gasteiger partial charge in [-0.15, -0.1) is 0 Å². The predicted octanol–water partition coefficient (Wildman–Crippen LogP) is 4.66. The number of aromatic nitrogens is 1. The quantitative estimate of drug-likeness (QED) is 0.685. The lowest BCUT2D eigenvalue weighted by atomic mass is 10.1. The summed E-state index contributed by atoms with van der Waals surface area (Å²) in [5.41, 5.74) is 2.87. The number of pyridine rings is 1. The first-order valence-electron chi connectivity index (χ1n) is 9.41. The zero-order chi connectivity index (χ0) is 19.6. The molecule has 2 heterocycles. The maximum Gasteiger partial charge on any atom is 0.243 e. The molecule has 6 heteroatoms. The highest BCUT2D eigenvalue weighted by Gasteiger charge is 2.37. The number of hydrogen-bond donors (Lipinski definition) is 1. The summed E-state index contributed by atoms with van der Waals surface area (Å²) in [6.45, 7) is 2.47. The van der Waals surface area contributed by atoms with Crippen molar-refractivity contribution in [1.29, 1.82) is 0 Å². The van der Waals surface area contributed by atoms with Crippen LogP contribution < -0.4 is 5.32 Å². The molecular weight excluding hydrogens is 370 g/mol. The van der Waals surface area contributed by atoms with E-state index in [1.54, 1.807) is 22.6 Å². The average Bonchev–Trinajstić information content (AvgIpc) is 3.20. The minimum Gasteiger partial charge on any atom is -0.340 e. The standard InChI is InChI=1S/C22H23N3O2S/c1-17-11-13-19(14-12-17)28(26,27)25-16-6-10-21(25)20-9-5-15-23-22(20)24-18-7-3-2-4-8-18/h2-5,7-9,11-15,21H,6,10,16H2,1H3,(H,23,24)/t21-/m0/s1. The van der Waals surface area contributed by atoms with Crippen LogP contribution >= 0.6 is 0 Å². The molecular formula is C22H23N3O2S. The van der Waals surface area contributed by atoms with Crippen molar-refractivity contribution in [2.75, 3.05) is 11.9 Å². The summed E-state index contributed by atoms with van der Waals surface area (Å²) in [4.78, 5) is 4.83. The second-order valence-corrected chi connectivity index (χ2v) is 8.91. The highest BCUT2D eigenvalue weighted by Crippen LogP contribution is 2.39. The summed E-state index contributed by atoms with van der Waals surface area (Å²) >= 11 is 0. The Morgan fingerprint density at radius 3 is 2.50 bits per heavy atom. The van der Waals surface area contributed by atoms with Crippen LogP contribution in [0.1, 0.15) is 30.0 Å². The van der Waals surface area contributed by atoms with E-state index in [0.717, 1.165) is 29.7 Å². The van der Waals surface area contributed by atoms with Gasteiger partial charge in [-0.25, -0.2) is 13.4 Å². The Balaban J connectivity index is 1.68. The van der Waals surface area contributed by atoms with E-state index >= 15 is 0 Å². The van der Waals surface area contributed by atoms with Crippen LogP contribution in [0.3, 0.4) is 0 Å². The van der Waals surface area contributed by atoms with Crippen LogP contribution in [0.25, 0.3) is 0 Å². The maximum atomic E-state index is 13.3. The van der Waals surface area contributed by atoms with Crippen LogP contribution in [-0.4, -0.2) is 24.3 Å². The normalized spacial score (nSPS) is 17.5. The number of sulfonamides is 1. The molecule has 1 aromatic heterocycles. The van der Waals surface area contributed by atoms with E-state index in [4.69, 9.17) is 0 Å². The molecule has 1 atom stereocenters. The number of para-hydroxylation sites is 1. The molecule has 144 valence electrons. The van der Waals surface area contributed by atoms with Gasteiger partial charge in [0, 0.05) is 24.0 Å². The van der Waals surface area contributed by atoms with Crippen LogP contribution in [-0.2, 0) is 10.0 Å². The van der Waals surface area contributed by atoms with Gasteiger partial charge >= 0.3 is 0 Å². The Morgan fingerprint density at radius 1 is 1.00 bits per heavy atom. The Labute approximate surface area is 166 Å². The van der Waals surface area contributed by atoms with Crippen LogP contribution in [0.2, 0.25) is 0 Å². The third-order valence-corrected chi connectivity index (χ3v) is 6.99. The van der Waals surface area contributed by atoms with Gasteiger partial charge in [-0.1, -0.05) is 42.0 Å². The number of hydrogen-bond acceptors (Lipinski definition) is 4. The largest absolute Gasteiger partial charge is 0.340 e. The van der Waals surface area contributed by atoms with Gasteiger partial charge in [0.25, 0.3) is 0 Å². The molecule has 0 spiro atoms. The van der Waals surface area contributed by atoms with Gasteiger partial charge < -0.3 is 5.32 Å². The summed E-state index contributed by atoms with van der Waals surface area (Å²) in [5, 5.41) is 3.34. The number of anilines is 2. The summed E-state index contributed by atoms with van der Waals surface area (Å²) < 4.78 is 28.2. The molecule has 1 N–H and O–H groups in total. The van der Waals surface area contributed by atoms with Crippen molar-refractivity contribution in [3.8, 4) is 0 Å². The second-order valence-electron chi connectivity index (χ2n) is 7.02. The summed E-state index contributed by atoms with van der Waals surface area (Å²) in [5.74, 6) is 0.699. The molecule has 0 amide bonds. The van der Waals surface area contributed by atoms with Crippen molar-refractivity contribution < 1.29 is 8.42 Å². The fourth-order valence-electron chi connectivity index (χ4n) is 3.63. The van der Waals surface area contributed by atoms with E-state index in [2.05, 4.69) is 10.3 Å². The van der Waals surface area contributed by atoms with Crippen molar-refractivity contribution in [3.05, 3.63) is 84.1 Å². The van der Waals surface area contributed by atoms with Crippen molar-refractivity contribution in [1.82, 2.24) is 9.29 Å². The number of benzene rings is 2. The first kappa shape index (κ1) is 18.7. The highest BCUT2D eigenvalue weighted by molar-refractivity contribution is 7.89. The zero-order valence-corrected chi connectivity index (χ0v) is 16.6. The molecule has 0 unspecified atom stereocenters. The molecule has 0 radical (unpaired) electrons. The maximum absolute atomic E-state index is 13.3. The summed E-state index contributed by atoms with van der Waals surface area (Å²) in [6.07, 6.45) is 3.33. The molecule has 28 heavy (non-hydrogen) atoms. The second kappa shape index (κ2) is 7.73. The molecule has 1 saturated heterocycles. The van der Waals surface area contributed by atoms with Gasteiger partial charge in [-0.3, -0.25) is 0 Å². The first-order chi connectivity index (χ1) is 13.6. The van der Waals surface area contributed by atoms with Gasteiger partial charge in [0.15, 0.2) is 0 Å². The molecule has 0 bridgehead atoms. The molecule has 0 saturated carbocycles. The molecule has 1 aliphatic heterocycles. The van der Waals surface area contributed by atoms with Gasteiger partial charge in [0.05, 0.1) is 10.9 Å². The number of rotatable bonds is 5. The number of aryl methyl sites for hydroxylation is 1. The van der Waals surface area contributed by atoms with E-state index in [-0.39, 0.29) is 6.04 Å². The molecule has 3 aromatic rings. The van der Waals surface area contributed by atoms with Gasteiger partial charge in [0.2, 0.25) is 10.0 Å². The van der Waals surface area contributed by atoms with Gasteiger partial charge in [-0.2, -0.15) is 4.31 Å². The van der Waals surface area contributed by atoms with Gasteiger partial charge in [0.1, 0.15) is 5.82 Å². The van der Waals surface area contributed by atoms with Crippen molar-refractivity contribution in [2.24, 2.45) is 0 Å². The minimum absolute atomic E-state index is 0.230. The third-order valence-electron chi connectivity index (χ3n) is 5.07. The average molecular weight is 394 g/mol. The third kappa shape index (κ3) is 3.66. The lowest BCUT2D eigenvalue weighted by molar-refractivity contribution is 0.397. The van der Waals surface area contributed by atoms with E-state index in [1.807, 2.05) is 61.5 Å². The number of nitrogens with zero attached hydrogens (tertiary/aromatic N) is 2. The SMILES string of the molecule is Cc1ccc(S(=O)(=O)N2CCC[C@H]2c2cccnc2Nc2ccccc2)cc1. The van der Waals surface area contributed by atoms with E-state index in [1.165, 1.54) is 0 Å². The molecule has 1 fully saturated rings. The van der Waals surface area contributed by atoms with Crippen molar-refractivity contribution >= 4 is 21.5 Å². The molecule has 5 nitrogen and oxygen atoms in total. The van der Waals surface area contributed by atoms with Crippen molar-refractivity contribution in [2.45, 2.75) is 30.7 Å². The van der Waals surface area contributed by atoms with Crippen LogP contribution in [0, 0.1) is 6.92 Å². The van der Waals surface area contributed by atoms with Crippen LogP contribution in [0.5, 0.6) is 0 Å². The summed E-state index contributed by atoms with van der Waals surface area (Å²) in [6, 6.07) is 20.4. The zero-order valence-electron chi connectivity index (χ0n) is 15.7. The highest BCUT2D eigenvalue weighted by atomic mass is 32.2. The Morgan fingerprint density at radius 2 is 1.75 bits per heavy atom. The fraction of sp³-hybridized carbons (Fsp3) is 0.227. The summed E-state index contributed by atoms with van der Waals surface area (Å²) in [7, 11) is -3.56. The fourth-order valence-corrected chi connectivity index (χ4v) is 5.31. The lowest BCUT2D eigenvalue weighted by Gasteiger charge is -2.26. The van der Waals surface area contributed by atoms with Crippen LogP contribution in [0.4, 0.5) is 11.5 Å². The van der Waals surface area contributed by atoms with E-state index in [9.17, 15) is 8.42 Å². The van der Waals surface area contributed by atoms with Gasteiger partial charge in [-0.05, 0) is 50.1 Å².